The monoisotopic (exact) mass is 399 g/mol. The van der Waals surface area contributed by atoms with E-state index in [2.05, 4.69) is 11.2 Å². The zero-order valence-electron chi connectivity index (χ0n) is 14.6. The summed E-state index contributed by atoms with van der Waals surface area (Å²) in [6, 6.07) is 14.5. The maximum atomic E-state index is 12.1. The van der Waals surface area contributed by atoms with Crippen molar-refractivity contribution in [2.75, 3.05) is 0 Å². The third kappa shape index (κ3) is 3.60. The van der Waals surface area contributed by atoms with Gasteiger partial charge in [0, 0.05) is 16.0 Å². The van der Waals surface area contributed by atoms with Crippen LogP contribution in [0.2, 0.25) is 10.0 Å². The number of carbonyl (C=O) groups is 1. The van der Waals surface area contributed by atoms with E-state index in [4.69, 9.17) is 28.9 Å². The van der Waals surface area contributed by atoms with Crippen LogP contribution in [-0.4, -0.2) is 16.8 Å². The van der Waals surface area contributed by atoms with Crippen molar-refractivity contribution in [1.82, 2.24) is 5.01 Å². The molecular weight excluding hydrogens is 381 g/mol. The summed E-state index contributed by atoms with van der Waals surface area (Å²) in [5, 5.41) is 7.42. The molecule has 0 saturated heterocycles. The van der Waals surface area contributed by atoms with E-state index in [1.807, 2.05) is 48.5 Å². The molecule has 1 aliphatic heterocycles. The van der Waals surface area contributed by atoms with Crippen LogP contribution in [0.1, 0.15) is 36.4 Å². The first-order valence-electron chi connectivity index (χ1n) is 8.92. The fourth-order valence-corrected chi connectivity index (χ4v) is 4.19. The summed E-state index contributed by atoms with van der Waals surface area (Å²) in [7, 11) is 0. The van der Waals surface area contributed by atoms with E-state index in [9.17, 15) is 4.79 Å². The quantitative estimate of drug-likeness (QED) is 0.694. The van der Waals surface area contributed by atoms with Gasteiger partial charge in [-0.25, -0.2) is 9.80 Å². The fraction of sp³-hybridized carbons (Fsp3) is 0.238. The lowest BCUT2D eigenvalue weighted by molar-refractivity contribution is 0.184. The van der Waals surface area contributed by atoms with E-state index < -0.39 is 6.03 Å². The number of halogens is 2. The fourth-order valence-electron chi connectivity index (χ4n) is 3.94. The van der Waals surface area contributed by atoms with Crippen molar-refractivity contribution in [1.29, 1.82) is 0 Å². The van der Waals surface area contributed by atoms with Gasteiger partial charge in [0.15, 0.2) is 0 Å². The van der Waals surface area contributed by atoms with E-state index in [0.717, 1.165) is 41.7 Å². The van der Waals surface area contributed by atoms with Gasteiger partial charge in [-0.1, -0.05) is 47.5 Å². The van der Waals surface area contributed by atoms with Crippen LogP contribution in [0.5, 0.6) is 0 Å². The third-order valence-corrected chi connectivity index (χ3v) is 5.65. The predicted octanol–water partition coefficient (Wildman–Crippen LogP) is 5.67. The first-order valence-corrected chi connectivity index (χ1v) is 9.67. The molecule has 0 radical (unpaired) electrons. The number of urea groups is 1. The molecule has 1 saturated carbocycles. The molecule has 2 aliphatic rings. The number of fused-ring (bicyclic) bond motifs is 1. The average molecular weight is 400 g/mol. The Balaban J connectivity index is 1.72. The Bertz CT molecular complexity index is 919. The molecule has 2 N–H and O–H groups in total. The van der Waals surface area contributed by atoms with E-state index in [1.165, 1.54) is 5.01 Å². The molecule has 2 atom stereocenters. The van der Waals surface area contributed by atoms with E-state index in [-0.39, 0.29) is 12.0 Å². The average Bonchev–Trinajstić information content (AvgIpc) is 3.05. The topological polar surface area (TPSA) is 58.7 Å². The van der Waals surface area contributed by atoms with Crippen LogP contribution in [-0.2, 0) is 0 Å². The highest BCUT2D eigenvalue weighted by molar-refractivity contribution is 6.30. The summed E-state index contributed by atoms with van der Waals surface area (Å²) in [6.07, 6.45) is 5.07. The molecule has 2 aromatic carbocycles. The second-order valence-electron chi connectivity index (χ2n) is 6.88. The highest BCUT2D eigenvalue weighted by Gasteiger charge is 2.43. The highest BCUT2D eigenvalue weighted by atomic mass is 35.5. The van der Waals surface area contributed by atoms with Gasteiger partial charge in [-0.15, -0.1) is 0 Å². The van der Waals surface area contributed by atoms with Gasteiger partial charge in [0.1, 0.15) is 0 Å². The third-order valence-electron chi connectivity index (χ3n) is 5.15. The lowest BCUT2D eigenvalue weighted by Gasteiger charge is -2.29. The first kappa shape index (κ1) is 18.1. The number of carbonyl (C=O) groups excluding carboxylic acids is 1. The summed E-state index contributed by atoms with van der Waals surface area (Å²) in [4.78, 5) is 12.1. The van der Waals surface area contributed by atoms with Gasteiger partial charge < -0.3 is 5.73 Å². The Kier molecular flexibility index (Phi) is 4.94. The van der Waals surface area contributed by atoms with Crippen molar-refractivity contribution >= 4 is 41.0 Å². The number of benzene rings is 2. The largest absolute Gasteiger partial charge is 0.350 e. The molecule has 0 bridgehead atoms. The van der Waals surface area contributed by atoms with Crippen LogP contribution in [0.15, 0.2) is 59.2 Å². The molecule has 1 fully saturated rings. The van der Waals surface area contributed by atoms with E-state index in [0.29, 0.717) is 10.0 Å². The van der Waals surface area contributed by atoms with Crippen molar-refractivity contribution in [2.24, 2.45) is 16.8 Å². The molecule has 1 aliphatic carbocycles. The lowest BCUT2D eigenvalue weighted by atomic mass is 9.77. The van der Waals surface area contributed by atoms with Crippen molar-refractivity contribution < 1.29 is 4.79 Å². The van der Waals surface area contributed by atoms with E-state index >= 15 is 0 Å². The van der Waals surface area contributed by atoms with E-state index in [1.54, 1.807) is 0 Å². The van der Waals surface area contributed by atoms with Crippen LogP contribution in [0, 0.1) is 5.92 Å². The zero-order valence-corrected chi connectivity index (χ0v) is 16.1. The van der Waals surface area contributed by atoms with Gasteiger partial charge in [-0.2, -0.15) is 5.10 Å². The van der Waals surface area contributed by atoms with Crippen molar-refractivity contribution in [3.8, 4) is 0 Å². The van der Waals surface area contributed by atoms with Crippen LogP contribution in [0.25, 0.3) is 6.08 Å². The first-order chi connectivity index (χ1) is 13.0. The molecule has 0 aromatic heterocycles. The predicted molar refractivity (Wildman–Crippen MR) is 110 cm³/mol. The normalized spacial score (nSPS) is 23.3. The minimum Gasteiger partial charge on any atom is -0.350 e. The molecule has 1 heterocycles. The standard InChI is InChI=1S/C21H19Cl2N3O/c22-16-8-4-13(5-9-16)12-15-2-1-3-18-19(15)25-26(21(24)27)20(18)14-6-10-17(23)11-7-14/h4-12,18,20H,1-3H2,(H2,24,27)/b15-12+/t18-,20-/m1/s1. The lowest BCUT2D eigenvalue weighted by Crippen LogP contribution is -2.35. The van der Waals surface area contributed by atoms with Gasteiger partial charge in [0.25, 0.3) is 0 Å². The van der Waals surface area contributed by atoms with Crippen molar-refractivity contribution in [3.05, 3.63) is 75.3 Å². The number of hydrogen-bond donors (Lipinski definition) is 1. The summed E-state index contributed by atoms with van der Waals surface area (Å²) in [5.74, 6) is 0.131. The van der Waals surface area contributed by atoms with Crippen LogP contribution in [0.3, 0.4) is 0 Å². The number of amides is 2. The molecular formula is C21H19Cl2N3O. The minimum absolute atomic E-state index is 0.131. The number of allylic oxidation sites excluding steroid dienone is 1. The summed E-state index contributed by atoms with van der Waals surface area (Å²) in [6.45, 7) is 0. The van der Waals surface area contributed by atoms with Gasteiger partial charge in [-0.05, 0) is 66.3 Å². The maximum absolute atomic E-state index is 12.1. The van der Waals surface area contributed by atoms with Crippen molar-refractivity contribution in [3.63, 3.8) is 0 Å². The Labute approximate surface area is 168 Å². The maximum Gasteiger partial charge on any atom is 0.335 e. The Hall–Kier alpha value is -2.30. The minimum atomic E-state index is -0.539. The molecule has 4 rings (SSSR count). The Morgan fingerprint density at radius 2 is 1.70 bits per heavy atom. The number of hydrazone groups is 1. The molecule has 6 heteroatoms. The van der Waals surface area contributed by atoms with Crippen molar-refractivity contribution in [2.45, 2.75) is 25.3 Å². The summed E-state index contributed by atoms with van der Waals surface area (Å²) in [5.41, 5.74) is 9.81. The van der Waals surface area contributed by atoms with Gasteiger partial charge in [0.05, 0.1) is 11.8 Å². The molecule has 2 aromatic rings. The molecule has 0 unspecified atom stereocenters. The number of nitrogens with two attached hydrogens (primary N) is 1. The molecule has 0 spiro atoms. The summed E-state index contributed by atoms with van der Waals surface area (Å²) >= 11 is 12.0. The Morgan fingerprint density at radius 3 is 2.33 bits per heavy atom. The van der Waals surface area contributed by atoms with Gasteiger partial charge in [0.2, 0.25) is 0 Å². The smallest absolute Gasteiger partial charge is 0.335 e. The van der Waals surface area contributed by atoms with Crippen LogP contribution >= 0.6 is 23.2 Å². The summed E-state index contributed by atoms with van der Waals surface area (Å²) < 4.78 is 0. The zero-order chi connectivity index (χ0) is 19.0. The van der Waals surface area contributed by atoms with Crippen LogP contribution < -0.4 is 5.73 Å². The van der Waals surface area contributed by atoms with Gasteiger partial charge in [-0.3, -0.25) is 0 Å². The number of nitrogens with zero attached hydrogens (tertiary/aromatic N) is 2. The van der Waals surface area contributed by atoms with Gasteiger partial charge >= 0.3 is 6.03 Å². The molecule has 27 heavy (non-hydrogen) atoms. The second kappa shape index (κ2) is 7.37. The Morgan fingerprint density at radius 1 is 1.07 bits per heavy atom. The molecule has 138 valence electrons. The number of rotatable bonds is 2. The van der Waals surface area contributed by atoms with Crippen LogP contribution in [0.4, 0.5) is 4.79 Å². The molecule has 2 amide bonds. The molecule has 4 nitrogen and oxygen atoms in total. The second-order valence-corrected chi connectivity index (χ2v) is 7.76. The number of hydrogen-bond acceptors (Lipinski definition) is 2. The number of primary amides is 1. The highest BCUT2D eigenvalue weighted by Crippen LogP contribution is 2.44. The SMILES string of the molecule is NC(=O)N1N=C2/C(=C/c3ccc(Cl)cc3)CCC[C@H]2[C@H]1c1ccc(Cl)cc1.